The van der Waals surface area contributed by atoms with Gasteiger partial charge in [0, 0.05) is 9.64 Å². The molecule has 0 N–H and O–H groups in total. The number of hydrogen-bond acceptors (Lipinski definition) is 3. The fourth-order valence-electron chi connectivity index (χ4n) is 2.18. The number of ketones is 1. The van der Waals surface area contributed by atoms with Crippen LogP contribution < -0.4 is 4.74 Å². The van der Waals surface area contributed by atoms with E-state index in [1.54, 1.807) is 22.6 Å². The zero-order chi connectivity index (χ0) is 17.6. The summed E-state index contributed by atoms with van der Waals surface area (Å²) < 4.78 is 58.5. The third-order valence-corrected chi connectivity index (χ3v) is 5.90. The summed E-state index contributed by atoms with van der Waals surface area (Å²) in [6.45, 7) is 6.89. The minimum atomic E-state index is -4.04. The summed E-state index contributed by atoms with van der Waals surface area (Å²) in [5.74, 6) is -2.74. The topological polar surface area (TPSA) is 47.7 Å². The first-order valence-electron chi connectivity index (χ1n) is 6.28. The number of benzene rings is 2. The Balaban J connectivity index is 2.14. The summed E-state index contributed by atoms with van der Waals surface area (Å²) in [6.07, 6.45) is 0. The highest BCUT2D eigenvalue weighted by molar-refractivity contribution is 14.1. The van der Waals surface area contributed by atoms with Gasteiger partial charge in [-0.2, -0.15) is 8.78 Å². The minimum Gasteiger partial charge on any atom is -0.458 e. The zero-order valence-electron chi connectivity index (χ0n) is 11.5. The molecule has 122 valence electrons. The molecule has 9 heteroatoms. The van der Waals surface area contributed by atoms with E-state index in [9.17, 15) is 22.2 Å². The van der Waals surface area contributed by atoms with Crippen molar-refractivity contribution in [2.45, 2.75) is 10.2 Å². The third-order valence-electron chi connectivity index (χ3n) is 3.19. The predicted molar refractivity (Wildman–Crippen MR) is 87.6 cm³/mol. The lowest BCUT2D eigenvalue weighted by atomic mass is 10.1. The van der Waals surface area contributed by atoms with Crippen molar-refractivity contribution in [3.8, 4) is 11.5 Å². The molecule has 2 aromatic carbocycles. The Bertz CT molecular complexity index is 956. The van der Waals surface area contributed by atoms with Gasteiger partial charge >= 0.3 is 5.25 Å². The van der Waals surface area contributed by atoms with Crippen LogP contribution in [0.2, 0.25) is 0 Å². The number of Topliss-reactive ketones (excluding diaryl/α,β-unsaturated/α-hetero) is 1. The van der Waals surface area contributed by atoms with Crippen molar-refractivity contribution in [1.29, 1.82) is 0 Å². The van der Waals surface area contributed by atoms with Crippen molar-refractivity contribution in [1.82, 2.24) is 0 Å². The highest BCUT2D eigenvalue weighted by Crippen LogP contribution is 2.45. The molecule has 24 heavy (non-hydrogen) atoms. The smallest absolute Gasteiger partial charge is 0.387 e. The van der Waals surface area contributed by atoms with Crippen molar-refractivity contribution >= 4 is 44.9 Å². The second kappa shape index (κ2) is 5.86. The molecule has 1 unspecified atom stereocenters. The lowest BCUT2D eigenvalue weighted by Gasteiger charge is -2.10. The standard InChI is InChI=1S/C15H5F3INO3S/c1-20-8-4-7(16)5-9(6-8)23-11-3-2-10(19)13-12(11)14(21)15(17,18)24(13)22/h2-6H. The maximum Gasteiger partial charge on any atom is 0.387 e. The normalized spacial score (nSPS) is 18.1. The number of rotatable bonds is 2. The molecule has 2 aromatic rings. The Morgan fingerprint density at radius 2 is 1.96 bits per heavy atom. The number of hydrogen-bond donors (Lipinski definition) is 0. The van der Waals surface area contributed by atoms with Gasteiger partial charge in [0.25, 0.3) is 5.78 Å². The highest BCUT2D eigenvalue weighted by atomic mass is 127. The number of ether oxygens (including phenoxy) is 1. The predicted octanol–water partition coefficient (Wildman–Crippen LogP) is 4.67. The van der Waals surface area contributed by atoms with Crippen LogP contribution >= 0.6 is 22.6 Å². The van der Waals surface area contributed by atoms with Crippen LogP contribution in [0.1, 0.15) is 10.4 Å². The van der Waals surface area contributed by atoms with Gasteiger partial charge in [0.05, 0.1) is 17.0 Å². The van der Waals surface area contributed by atoms with E-state index in [4.69, 9.17) is 11.3 Å². The van der Waals surface area contributed by atoms with Crippen molar-refractivity contribution in [3.63, 3.8) is 0 Å². The summed E-state index contributed by atoms with van der Waals surface area (Å²) in [5.41, 5.74) is -0.536. The van der Waals surface area contributed by atoms with Crippen LogP contribution in [0.3, 0.4) is 0 Å². The van der Waals surface area contributed by atoms with E-state index in [-0.39, 0.29) is 25.7 Å². The van der Waals surface area contributed by atoms with Gasteiger partial charge in [-0.05, 0) is 46.9 Å². The Morgan fingerprint density at radius 1 is 1.25 bits per heavy atom. The molecule has 0 saturated carbocycles. The van der Waals surface area contributed by atoms with Crippen LogP contribution in [0.4, 0.5) is 18.9 Å². The van der Waals surface area contributed by atoms with Gasteiger partial charge in [-0.1, -0.05) is 0 Å². The van der Waals surface area contributed by atoms with Crippen molar-refractivity contribution in [3.05, 3.63) is 56.7 Å². The van der Waals surface area contributed by atoms with Crippen LogP contribution in [0.25, 0.3) is 4.85 Å². The minimum absolute atomic E-state index is 0.0487. The number of carbonyl (C=O) groups excluding carboxylic acids is 1. The van der Waals surface area contributed by atoms with E-state index in [1.165, 1.54) is 18.2 Å². The van der Waals surface area contributed by atoms with E-state index in [0.717, 1.165) is 12.1 Å². The molecule has 4 nitrogen and oxygen atoms in total. The van der Waals surface area contributed by atoms with Crippen LogP contribution in [0, 0.1) is 16.0 Å². The van der Waals surface area contributed by atoms with E-state index in [1.807, 2.05) is 0 Å². The average Bonchev–Trinajstić information content (AvgIpc) is 2.71. The Morgan fingerprint density at radius 3 is 2.62 bits per heavy atom. The first-order chi connectivity index (χ1) is 11.3. The Hall–Kier alpha value is -1.93. The van der Waals surface area contributed by atoms with E-state index in [2.05, 4.69) is 4.85 Å². The SMILES string of the molecule is [C-]#[N+]c1cc(F)cc(Oc2ccc(I)c3c2C(=O)C(F)(F)S3=O)c1. The molecule has 0 bridgehead atoms. The van der Waals surface area contributed by atoms with Crippen LogP contribution in [-0.4, -0.2) is 15.2 Å². The summed E-state index contributed by atoms with van der Waals surface area (Å²) >= 11 is 1.70. The first kappa shape index (κ1) is 16.9. The second-order valence-corrected chi connectivity index (χ2v) is 7.34. The molecular formula is C15H5F3INO3S. The molecule has 1 aliphatic rings. The van der Waals surface area contributed by atoms with E-state index in [0.29, 0.717) is 0 Å². The molecule has 3 rings (SSSR count). The molecule has 0 aliphatic carbocycles. The summed E-state index contributed by atoms with van der Waals surface area (Å²) in [7, 11) is -2.82. The van der Waals surface area contributed by atoms with E-state index >= 15 is 0 Å². The fourth-order valence-corrected chi connectivity index (χ4v) is 4.38. The van der Waals surface area contributed by atoms with Gasteiger partial charge in [0.2, 0.25) is 0 Å². The number of nitrogens with zero attached hydrogens (tertiary/aromatic N) is 1. The van der Waals surface area contributed by atoms with Gasteiger partial charge in [-0.25, -0.2) is 13.4 Å². The monoisotopic (exact) mass is 463 g/mol. The Kier molecular flexibility index (Phi) is 4.13. The molecule has 1 atom stereocenters. The number of fused-ring (bicyclic) bond motifs is 1. The summed E-state index contributed by atoms with van der Waals surface area (Å²) in [5, 5.41) is -4.04. The van der Waals surface area contributed by atoms with Crippen molar-refractivity contribution < 1.29 is 26.9 Å². The van der Waals surface area contributed by atoms with Gasteiger partial charge in [0.1, 0.15) is 28.1 Å². The molecule has 0 amide bonds. The Labute approximate surface area is 150 Å². The number of carbonyl (C=O) groups is 1. The van der Waals surface area contributed by atoms with Crippen molar-refractivity contribution in [2.75, 3.05) is 0 Å². The van der Waals surface area contributed by atoms with Gasteiger partial charge in [0.15, 0.2) is 5.69 Å². The first-order valence-corrected chi connectivity index (χ1v) is 8.51. The highest BCUT2D eigenvalue weighted by Gasteiger charge is 2.56. The van der Waals surface area contributed by atoms with Crippen LogP contribution in [0.15, 0.2) is 35.2 Å². The van der Waals surface area contributed by atoms with Crippen molar-refractivity contribution in [2.24, 2.45) is 0 Å². The summed E-state index contributed by atoms with van der Waals surface area (Å²) in [4.78, 5) is 14.7. The largest absolute Gasteiger partial charge is 0.458 e. The van der Waals surface area contributed by atoms with Gasteiger partial charge in [-0.3, -0.25) is 4.79 Å². The second-order valence-electron chi connectivity index (χ2n) is 4.72. The number of halogens is 4. The molecule has 0 fully saturated rings. The lowest BCUT2D eigenvalue weighted by molar-refractivity contribution is 0.0564. The third kappa shape index (κ3) is 2.59. The molecule has 0 radical (unpaired) electrons. The molecule has 0 spiro atoms. The van der Waals surface area contributed by atoms with Crippen LogP contribution in [-0.2, 0) is 10.8 Å². The van der Waals surface area contributed by atoms with Gasteiger partial charge in [-0.15, -0.1) is 0 Å². The van der Waals surface area contributed by atoms with E-state index < -0.39 is 33.2 Å². The molecular weight excluding hydrogens is 458 g/mol. The maximum atomic E-state index is 13.8. The van der Waals surface area contributed by atoms with Crippen LogP contribution in [0.5, 0.6) is 11.5 Å². The molecule has 1 aliphatic heterocycles. The number of alkyl halides is 2. The zero-order valence-corrected chi connectivity index (χ0v) is 14.5. The lowest BCUT2D eigenvalue weighted by Crippen LogP contribution is -2.26. The quantitative estimate of drug-likeness (QED) is 0.481. The van der Waals surface area contributed by atoms with Gasteiger partial charge < -0.3 is 4.74 Å². The molecule has 0 saturated heterocycles. The molecule has 1 heterocycles. The molecule has 0 aromatic heterocycles. The maximum absolute atomic E-state index is 13.8. The fraction of sp³-hybridized carbons (Fsp3) is 0.0667. The average molecular weight is 463 g/mol. The summed E-state index contributed by atoms with van der Waals surface area (Å²) in [6, 6.07) is 5.77.